The molecular formula is C22H22N2O2S. The number of ether oxygens (including phenoxy) is 1. The van der Waals surface area contributed by atoms with Crippen molar-refractivity contribution in [2.45, 2.75) is 12.5 Å². The number of thiophene rings is 1. The van der Waals surface area contributed by atoms with Gasteiger partial charge in [0.15, 0.2) is 0 Å². The molecule has 4 rings (SSSR count). The predicted molar refractivity (Wildman–Crippen MR) is 110 cm³/mol. The Balaban J connectivity index is 1.54. The van der Waals surface area contributed by atoms with E-state index >= 15 is 0 Å². The lowest BCUT2D eigenvalue weighted by molar-refractivity contribution is -0.117. The Morgan fingerprint density at radius 2 is 2.04 bits per heavy atom. The average molecular weight is 378 g/mol. The van der Waals surface area contributed by atoms with Crippen LogP contribution < -0.4 is 10.1 Å². The molecule has 1 N–H and O–H groups in total. The maximum atomic E-state index is 12.7. The lowest BCUT2D eigenvalue weighted by Gasteiger charge is -2.35. The Bertz CT molecular complexity index is 923. The molecule has 2 aromatic carbocycles. The summed E-state index contributed by atoms with van der Waals surface area (Å²) >= 11 is 1.81. The van der Waals surface area contributed by atoms with Crippen molar-refractivity contribution in [3.8, 4) is 5.75 Å². The highest BCUT2D eigenvalue weighted by Gasteiger charge is 2.30. The zero-order chi connectivity index (χ0) is 18.6. The van der Waals surface area contributed by atoms with Crippen LogP contribution in [-0.2, 0) is 11.2 Å². The van der Waals surface area contributed by atoms with Crippen molar-refractivity contribution in [1.82, 2.24) is 4.90 Å². The molecule has 3 aromatic rings. The number of nitrogens with zero attached hydrogens (tertiary/aromatic N) is 1. The van der Waals surface area contributed by atoms with Gasteiger partial charge in [0.25, 0.3) is 0 Å². The topological polar surface area (TPSA) is 41.6 Å². The van der Waals surface area contributed by atoms with Crippen LogP contribution in [0, 0.1) is 0 Å². The summed E-state index contributed by atoms with van der Waals surface area (Å²) in [5.74, 6) is 0.721. The van der Waals surface area contributed by atoms with Crippen LogP contribution in [-0.4, -0.2) is 31.0 Å². The molecule has 0 spiro atoms. The van der Waals surface area contributed by atoms with Gasteiger partial charge in [0.05, 0.1) is 19.7 Å². The minimum atomic E-state index is -0.0112. The van der Waals surface area contributed by atoms with E-state index in [0.29, 0.717) is 6.54 Å². The summed E-state index contributed by atoms with van der Waals surface area (Å²) in [4.78, 5) is 16.4. The Labute approximate surface area is 163 Å². The van der Waals surface area contributed by atoms with Crippen molar-refractivity contribution < 1.29 is 9.53 Å². The van der Waals surface area contributed by atoms with Crippen LogP contribution in [0.1, 0.15) is 22.0 Å². The molecule has 1 aromatic heterocycles. The number of methoxy groups -OCH3 is 1. The molecule has 27 heavy (non-hydrogen) atoms. The molecule has 0 saturated carbocycles. The van der Waals surface area contributed by atoms with E-state index in [2.05, 4.69) is 45.9 Å². The first kappa shape index (κ1) is 17.8. The van der Waals surface area contributed by atoms with Gasteiger partial charge in [-0.1, -0.05) is 36.4 Å². The highest BCUT2D eigenvalue weighted by molar-refractivity contribution is 7.10. The van der Waals surface area contributed by atoms with Gasteiger partial charge in [-0.25, -0.2) is 0 Å². The summed E-state index contributed by atoms with van der Waals surface area (Å²) in [6.07, 6.45) is 0.989. The third-order valence-electron chi connectivity index (χ3n) is 4.88. The number of benzene rings is 2. The zero-order valence-electron chi connectivity index (χ0n) is 15.2. The third kappa shape index (κ3) is 3.89. The molecule has 0 aliphatic carbocycles. The molecule has 138 valence electrons. The average Bonchev–Trinajstić information content (AvgIpc) is 3.17. The fourth-order valence-electron chi connectivity index (χ4n) is 3.65. The summed E-state index contributed by atoms with van der Waals surface area (Å²) in [7, 11) is 1.62. The highest BCUT2D eigenvalue weighted by Crippen LogP contribution is 2.37. The highest BCUT2D eigenvalue weighted by atomic mass is 32.1. The van der Waals surface area contributed by atoms with Crippen LogP contribution in [0.3, 0.4) is 0 Å². The second-order valence-corrected chi connectivity index (χ2v) is 7.61. The van der Waals surface area contributed by atoms with E-state index in [4.69, 9.17) is 4.74 Å². The molecule has 5 heteroatoms. The number of hydrogen-bond acceptors (Lipinski definition) is 4. The van der Waals surface area contributed by atoms with Gasteiger partial charge in [-0.2, -0.15) is 0 Å². The fourth-order valence-corrected chi connectivity index (χ4v) is 4.55. The van der Waals surface area contributed by atoms with Gasteiger partial charge in [0, 0.05) is 23.2 Å². The summed E-state index contributed by atoms with van der Waals surface area (Å²) in [5.41, 5.74) is 3.31. The minimum absolute atomic E-state index is 0.0112. The van der Waals surface area contributed by atoms with E-state index in [1.807, 2.05) is 41.7 Å². The molecule has 0 fully saturated rings. The van der Waals surface area contributed by atoms with Crippen LogP contribution in [0.15, 0.2) is 66.0 Å². The van der Waals surface area contributed by atoms with Crippen molar-refractivity contribution in [2.24, 2.45) is 0 Å². The van der Waals surface area contributed by atoms with Gasteiger partial charge in [0.2, 0.25) is 5.91 Å². The van der Waals surface area contributed by atoms with Gasteiger partial charge in [-0.05, 0) is 41.1 Å². The van der Waals surface area contributed by atoms with Crippen molar-refractivity contribution in [3.63, 3.8) is 0 Å². The molecule has 4 nitrogen and oxygen atoms in total. The van der Waals surface area contributed by atoms with Gasteiger partial charge in [-0.3, -0.25) is 9.69 Å². The molecule has 0 bridgehead atoms. The first-order chi connectivity index (χ1) is 13.2. The van der Waals surface area contributed by atoms with Gasteiger partial charge in [-0.15, -0.1) is 11.3 Å². The van der Waals surface area contributed by atoms with Crippen molar-refractivity contribution in [3.05, 3.63) is 82.0 Å². The molecular weight excluding hydrogens is 356 g/mol. The predicted octanol–water partition coefficient (Wildman–Crippen LogP) is 4.34. The van der Waals surface area contributed by atoms with E-state index in [1.54, 1.807) is 7.11 Å². The normalized spacial score (nSPS) is 16.6. The Morgan fingerprint density at radius 1 is 1.19 bits per heavy atom. The first-order valence-corrected chi connectivity index (χ1v) is 9.92. The van der Waals surface area contributed by atoms with Crippen molar-refractivity contribution >= 4 is 22.9 Å². The lowest BCUT2D eigenvalue weighted by Crippen LogP contribution is -2.40. The summed E-state index contributed by atoms with van der Waals surface area (Å²) in [6, 6.07) is 20.2. The first-order valence-electron chi connectivity index (χ1n) is 9.04. The standard InChI is InChI=1S/C22H22N2O2S/c1-26-18-9-5-8-17(14-18)23-21(25)15-24-12-10-20-19(11-13-27-20)22(24)16-6-3-2-4-7-16/h2-9,11,13-14,22H,10,12,15H2,1H3,(H,23,25). The SMILES string of the molecule is COc1cccc(NC(=O)CN2CCc3sccc3C2c2ccccc2)c1. The Morgan fingerprint density at radius 3 is 2.85 bits per heavy atom. The molecule has 1 amide bonds. The maximum absolute atomic E-state index is 12.7. The number of anilines is 1. The zero-order valence-corrected chi connectivity index (χ0v) is 16.0. The van der Waals surface area contributed by atoms with E-state index in [-0.39, 0.29) is 11.9 Å². The summed E-state index contributed by atoms with van der Waals surface area (Å²) in [5, 5.41) is 5.15. The van der Waals surface area contributed by atoms with Gasteiger partial charge in [0.1, 0.15) is 5.75 Å². The lowest BCUT2D eigenvalue weighted by atomic mass is 9.93. The number of hydrogen-bond donors (Lipinski definition) is 1. The van der Waals surface area contributed by atoms with Crippen LogP contribution in [0.2, 0.25) is 0 Å². The fraction of sp³-hybridized carbons (Fsp3) is 0.227. The second kappa shape index (κ2) is 7.94. The molecule has 0 saturated heterocycles. The van der Waals surface area contributed by atoms with Crippen LogP contribution in [0.25, 0.3) is 0 Å². The van der Waals surface area contributed by atoms with E-state index in [9.17, 15) is 4.79 Å². The van der Waals surface area contributed by atoms with Crippen LogP contribution >= 0.6 is 11.3 Å². The number of rotatable bonds is 5. The number of nitrogens with one attached hydrogen (secondary N) is 1. The smallest absolute Gasteiger partial charge is 0.238 e. The Kier molecular flexibility index (Phi) is 5.23. The van der Waals surface area contributed by atoms with E-state index in [1.165, 1.54) is 16.0 Å². The van der Waals surface area contributed by atoms with E-state index in [0.717, 1.165) is 24.4 Å². The molecule has 2 heterocycles. The van der Waals surface area contributed by atoms with Crippen LogP contribution in [0.5, 0.6) is 5.75 Å². The van der Waals surface area contributed by atoms with Gasteiger partial charge >= 0.3 is 0 Å². The largest absolute Gasteiger partial charge is 0.497 e. The molecule has 1 aliphatic rings. The molecule has 0 radical (unpaired) electrons. The van der Waals surface area contributed by atoms with Crippen molar-refractivity contribution in [1.29, 1.82) is 0 Å². The Hall–Kier alpha value is -2.63. The molecule has 1 atom stereocenters. The second-order valence-electron chi connectivity index (χ2n) is 6.61. The third-order valence-corrected chi connectivity index (χ3v) is 5.88. The quantitative estimate of drug-likeness (QED) is 0.718. The van der Waals surface area contributed by atoms with Crippen LogP contribution in [0.4, 0.5) is 5.69 Å². The summed E-state index contributed by atoms with van der Waals surface area (Å²) in [6.45, 7) is 1.23. The minimum Gasteiger partial charge on any atom is -0.497 e. The van der Waals surface area contributed by atoms with Crippen molar-refractivity contribution in [2.75, 3.05) is 25.5 Å². The van der Waals surface area contributed by atoms with E-state index < -0.39 is 0 Å². The summed E-state index contributed by atoms with van der Waals surface area (Å²) < 4.78 is 5.23. The maximum Gasteiger partial charge on any atom is 0.238 e. The number of amides is 1. The van der Waals surface area contributed by atoms with Gasteiger partial charge < -0.3 is 10.1 Å². The molecule has 1 aliphatic heterocycles. The number of fused-ring (bicyclic) bond motifs is 1. The number of carbonyl (C=O) groups is 1. The molecule has 1 unspecified atom stereocenters. The monoisotopic (exact) mass is 378 g/mol. The number of carbonyl (C=O) groups excluding carboxylic acids is 1.